The van der Waals surface area contributed by atoms with E-state index in [1.807, 2.05) is 7.05 Å². The van der Waals surface area contributed by atoms with E-state index in [1.54, 1.807) is 0 Å². The maximum absolute atomic E-state index is 5.47. The Morgan fingerprint density at radius 1 is 1.20 bits per heavy atom. The molecular weight excluding hydrogens is 427 g/mol. The van der Waals surface area contributed by atoms with E-state index in [2.05, 4.69) is 40.7 Å². The molecule has 1 aromatic rings. The number of aliphatic imine (C=N–C) groups is 1. The summed E-state index contributed by atoms with van der Waals surface area (Å²) in [4.78, 5) is 4.34. The van der Waals surface area contributed by atoms with Crippen LogP contribution in [0, 0.1) is 17.8 Å². The molecule has 0 unspecified atom stereocenters. The third-order valence-electron chi connectivity index (χ3n) is 5.59. The summed E-state index contributed by atoms with van der Waals surface area (Å²) >= 11 is 0. The zero-order valence-electron chi connectivity index (χ0n) is 15.8. The lowest BCUT2D eigenvalue weighted by atomic mass is 9.98. The highest BCUT2D eigenvalue weighted by molar-refractivity contribution is 14.0. The first-order valence-electron chi connectivity index (χ1n) is 9.65. The van der Waals surface area contributed by atoms with Crippen molar-refractivity contribution in [3.05, 3.63) is 17.5 Å². The Morgan fingerprint density at radius 2 is 1.84 bits per heavy atom. The highest BCUT2D eigenvalue weighted by Crippen LogP contribution is 2.48. The van der Waals surface area contributed by atoms with Gasteiger partial charge in [-0.05, 0) is 56.3 Å². The Balaban J connectivity index is 0.00000225. The number of aromatic nitrogens is 1. The van der Waals surface area contributed by atoms with Gasteiger partial charge in [0.1, 0.15) is 0 Å². The number of guanidine groups is 1. The Morgan fingerprint density at radius 3 is 2.36 bits per heavy atom. The first-order valence-corrected chi connectivity index (χ1v) is 9.65. The minimum atomic E-state index is 0. The van der Waals surface area contributed by atoms with Gasteiger partial charge in [-0.3, -0.25) is 4.99 Å². The molecule has 25 heavy (non-hydrogen) atoms. The van der Waals surface area contributed by atoms with E-state index >= 15 is 0 Å². The standard InChI is InChI=1S/C19H32N4O.HI/c1-4-13(5-2)18-10-16(24-23-18)11-21-19(20-3)22-12-17(14-6-7-14)15-8-9-15;/h10,13-15,17H,4-9,11-12H2,1-3H3,(H2,20,21,22);1H. The smallest absolute Gasteiger partial charge is 0.191 e. The van der Waals surface area contributed by atoms with Crippen LogP contribution in [0.4, 0.5) is 0 Å². The fourth-order valence-corrected chi connectivity index (χ4v) is 3.68. The second-order valence-corrected chi connectivity index (χ2v) is 7.38. The zero-order valence-corrected chi connectivity index (χ0v) is 18.1. The van der Waals surface area contributed by atoms with E-state index in [0.717, 1.165) is 54.6 Å². The van der Waals surface area contributed by atoms with Crippen molar-refractivity contribution in [2.24, 2.45) is 22.7 Å². The molecule has 1 aromatic heterocycles. The topological polar surface area (TPSA) is 62.5 Å². The van der Waals surface area contributed by atoms with Crippen LogP contribution in [0.25, 0.3) is 0 Å². The molecule has 0 atom stereocenters. The summed E-state index contributed by atoms with van der Waals surface area (Å²) < 4.78 is 5.47. The SMILES string of the molecule is CCC(CC)c1cc(CNC(=NC)NCC(C2CC2)C2CC2)on1.I. The average Bonchev–Trinajstić information content (AvgIpc) is 3.52. The van der Waals surface area contributed by atoms with Crippen LogP contribution in [-0.4, -0.2) is 24.7 Å². The molecule has 6 heteroatoms. The highest BCUT2D eigenvalue weighted by atomic mass is 127. The van der Waals surface area contributed by atoms with Crippen LogP contribution in [-0.2, 0) is 6.54 Å². The van der Waals surface area contributed by atoms with Gasteiger partial charge in [-0.1, -0.05) is 19.0 Å². The van der Waals surface area contributed by atoms with Crippen molar-refractivity contribution in [1.29, 1.82) is 0 Å². The van der Waals surface area contributed by atoms with Gasteiger partial charge in [0.2, 0.25) is 0 Å². The molecule has 2 fully saturated rings. The molecule has 2 aliphatic rings. The predicted octanol–water partition coefficient (Wildman–Crippen LogP) is 4.30. The maximum Gasteiger partial charge on any atom is 0.191 e. The number of hydrogen-bond acceptors (Lipinski definition) is 3. The van der Waals surface area contributed by atoms with E-state index in [9.17, 15) is 0 Å². The number of nitrogens with one attached hydrogen (secondary N) is 2. The van der Waals surface area contributed by atoms with E-state index in [4.69, 9.17) is 4.52 Å². The molecule has 0 amide bonds. The Labute approximate surface area is 168 Å². The van der Waals surface area contributed by atoms with Gasteiger partial charge in [0.05, 0.1) is 12.2 Å². The summed E-state index contributed by atoms with van der Waals surface area (Å²) in [5, 5.41) is 11.1. The van der Waals surface area contributed by atoms with Crippen molar-refractivity contribution in [1.82, 2.24) is 15.8 Å². The molecule has 0 saturated heterocycles. The number of halogens is 1. The summed E-state index contributed by atoms with van der Waals surface area (Å²) in [6.45, 7) is 6.07. The van der Waals surface area contributed by atoms with Crippen LogP contribution in [0.1, 0.15) is 69.7 Å². The van der Waals surface area contributed by atoms with Crippen molar-refractivity contribution in [3.8, 4) is 0 Å². The maximum atomic E-state index is 5.47. The van der Waals surface area contributed by atoms with Crippen LogP contribution in [0.2, 0.25) is 0 Å². The molecule has 0 aromatic carbocycles. The molecule has 1 heterocycles. The predicted molar refractivity (Wildman–Crippen MR) is 112 cm³/mol. The second-order valence-electron chi connectivity index (χ2n) is 7.38. The molecular formula is C19H33IN4O. The van der Waals surface area contributed by atoms with Gasteiger partial charge in [-0.25, -0.2) is 0 Å². The minimum absolute atomic E-state index is 0. The summed E-state index contributed by atoms with van der Waals surface area (Å²) in [5.41, 5.74) is 1.07. The molecule has 5 nitrogen and oxygen atoms in total. The van der Waals surface area contributed by atoms with Gasteiger partial charge in [0, 0.05) is 25.6 Å². The van der Waals surface area contributed by atoms with Crippen LogP contribution in [0.3, 0.4) is 0 Å². The summed E-state index contributed by atoms with van der Waals surface area (Å²) in [6.07, 6.45) is 7.89. The lowest BCUT2D eigenvalue weighted by Gasteiger charge is -2.18. The quantitative estimate of drug-likeness (QED) is 0.328. The van der Waals surface area contributed by atoms with Gasteiger partial charge in [0.15, 0.2) is 11.7 Å². The lowest BCUT2D eigenvalue weighted by molar-refractivity contribution is 0.367. The van der Waals surface area contributed by atoms with Gasteiger partial charge in [-0.2, -0.15) is 0 Å². The van der Waals surface area contributed by atoms with Gasteiger partial charge in [-0.15, -0.1) is 24.0 Å². The summed E-state index contributed by atoms with van der Waals surface area (Å²) in [7, 11) is 1.83. The number of hydrogen-bond donors (Lipinski definition) is 2. The Hall–Kier alpha value is -0.790. The van der Waals surface area contributed by atoms with E-state index in [-0.39, 0.29) is 24.0 Å². The van der Waals surface area contributed by atoms with Crippen LogP contribution in [0.5, 0.6) is 0 Å². The van der Waals surface area contributed by atoms with Crippen molar-refractivity contribution in [3.63, 3.8) is 0 Å². The van der Waals surface area contributed by atoms with Crippen molar-refractivity contribution in [2.75, 3.05) is 13.6 Å². The molecule has 0 aliphatic heterocycles. The number of nitrogens with zero attached hydrogens (tertiary/aromatic N) is 2. The molecule has 0 radical (unpaired) electrons. The van der Waals surface area contributed by atoms with Crippen LogP contribution < -0.4 is 10.6 Å². The van der Waals surface area contributed by atoms with Crippen molar-refractivity contribution >= 4 is 29.9 Å². The lowest BCUT2D eigenvalue weighted by Crippen LogP contribution is -2.40. The molecule has 142 valence electrons. The number of rotatable bonds is 9. The normalized spacial score (nSPS) is 17.7. The Bertz CT molecular complexity index is 535. The zero-order chi connectivity index (χ0) is 16.9. The highest BCUT2D eigenvalue weighted by Gasteiger charge is 2.41. The van der Waals surface area contributed by atoms with Crippen LogP contribution >= 0.6 is 24.0 Å². The minimum Gasteiger partial charge on any atom is -0.359 e. The largest absolute Gasteiger partial charge is 0.359 e. The van der Waals surface area contributed by atoms with E-state index < -0.39 is 0 Å². The monoisotopic (exact) mass is 460 g/mol. The van der Waals surface area contributed by atoms with E-state index in [1.165, 1.54) is 25.7 Å². The fraction of sp³-hybridized carbons (Fsp3) is 0.789. The molecule has 2 aliphatic carbocycles. The average molecular weight is 460 g/mol. The van der Waals surface area contributed by atoms with Crippen LogP contribution in [0.15, 0.2) is 15.6 Å². The molecule has 0 bridgehead atoms. The molecule has 0 spiro atoms. The van der Waals surface area contributed by atoms with E-state index in [0.29, 0.717) is 12.5 Å². The Kier molecular flexibility index (Phi) is 8.03. The van der Waals surface area contributed by atoms with Crippen molar-refractivity contribution < 1.29 is 4.52 Å². The first kappa shape index (κ1) is 20.5. The fourth-order valence-electron chi connectivity index (χ4n) is 3.68. The molecule has 3 rings (SSSR count). The molecule has 2 saturated carbocycles. The van der Waals surface area contributed by atoms with Gasteiger partial charge < -0.3 is 15.2 Å². The van der Waals surface area contributed by atoms with Gasteiger partial charge in [0.25, 0.3) is 0 Å². The second kappa shape index (κ2) is 9.78. The summed E-state index contributed by atoms with van der Waals surface area (Å²) in [6, 6.07) is 2.08. The first-order chi connectivity index (χ1) is 11.7. The van der Waals surface area contributed by atoms with Crippen molar-refractivity contribution in [2.45, 2.75) is 64.8 Å². The van der Waals surface area contributed by atoms with Gasteiger partial charge >= 0.3 is 0 Å². The summed E-state index contributed by atoms with van der Waals surface area (Å²) in [5.74, 6) is 5.00. The third kappa shape index (κ3) is 5.86. The third-order valence-corrected chi connectivity index (χ3v) is 5.59. The molecule has 2 N–H and O–H groups in total.